The van der Waals surface area contributed by atoms with E-state index in [-0.39, 0.29) is 17.6 Å². The maximum Gasteiger partial charge on any atom is 0.227 e. The van der Waals surface area contributed by atoms with Crippen LogP contribution in [0.5, 0.6) is 0 Å². The molecule has 0 saturated carbocycles. The number of carbonyl (C=O) groups excluding carboxylic acids is 2. The summed E-state index contributed by atoms with van der Waals surface area (Å²) in [5.41, 5.74) is 1.83. The van der Waals surface area contributed by atoms with Gasteiger partial charge in [0.15, 0.2) is 5.78 Å². The Labute approximate surface area is 148 Å². The van der Waals surface area contributed by atoms with Crippen LogP contribution >= 0.6 is 0 Å². The zero-order valence-corrected chi connectivity index (χ0v) is 14.8. The van der Waals surface area contributed by atoms with Crippen molar-refractivity contribution in [1.29, 1.82) is 0 Å². The third-order valence-electron chi connectivity index (χ3n) is 4.67. The second kappa shape index (κ2) is 7.51. The van der Waals surface area contributed by atoms with Crippen LogP contribution in [0.1, 0.15) is 24.2 Å². The molecule has 1 aromatic heterocycles. The number of hydrogen-bond acceptors (Lipinski definition) is 4. The van der Waals surface area contributed by atoms with Gasteiger partial charge in [-0.1, -0.05) is 6.92 Å². The summed E-state index contributed by atoms with van der Waals surface area (Å²) in [5, 5.41) is 4.17. The van der Waals surface area contributed by atoms with E-state index in [1.54, 1.807) is 17.8 Å². The first-order valence-electron chi connectivity index (χ1n) is 8.67. The largest absolute Gasteiger partial charge is 0.368 e. The highest BCUT2D eigenvalue weighted by Crippen LogP contribution is 2.18. The van der Waals surface area contributed by atoms with Crippen molar-refractivity contribution in [1.82, 2.24) is 14.7 Å². The smallest absolute Gasteiger partial charge is 0.227 e. The molecule has 3 rings (SSSR count). The van der Waals surface area contributed by atoms with Gasteiger partial charge in [0.2, 0.25) is 5.91 Å². The van der Waals surface area contributed by atoms with Gasteiger partial charge in [-0.15, -0.1) is 0 Å². The summed E-state index contributed by atoms with van der Waals surface area (Å²) in [6.07, 6.45) is 3.61. The molecule has 6 nitrogen and oxygen atoms in total. The number of anilines is 1. The number of hydrogen-bond donors (Lipinski definition) is 0. The minimum absolute atomic E-state index is 0.0770. The maximum atomic E-state index is 12.6. The Balaban J connectivity index is 1.54. The van der Waals surface area contributed by atoms with Gasteiger partial charge >= 0.3 is 0 Å². The molecule has 1 aromatic carbocycles. The molecule has 2 heterocycles. The molecule has 0 N–H and O–H groups in total. The Morgan fingerprint density at radius 1 is 1.12 bits per heavy atom. The lowest BCUT2D eigenvalue weighted by Crippen LogP contribution is -2.50. The van der Waals surface area contributed by atoms with Gasteiger partial charge in [0.05, 0.1) is 12.5 Å². The molecule has 0 bridgehead atoms. The maximum absolute atomic E-state index is 12.6. The Kier molecular flexibility index (Phi) is 5.16. The molecular formula is C19H24N4O2. The first-order valence-corrected chi connectivity index (χ1v) is 8.67. The minimum Gasteiger partial charge on any atom is -0.368 e. The number of nitrogens with zero attached hydrogens (tertiary/aromatic N) is 4. The van der Waals surface area contributed by atoms with Crippen LogP contribution in [0.25, 0.3) is 0 Å². The predicted molar refractivity (Wildman–Crippen MR) is 96.6 cm³/mol. The molecule has 1 saturated heterocycles. The monoisotopic (exact) mass is 340 g/mol. The predicted octanol–water partition coefficient (Wildman–Crippen LogP) is 2.07. The van der Waals surface area contributed by atoms with Crippen molar-refractivity contribution in [3.8, 4) is 0 Å². The number of benzene rings is 1. The Bertz CT molecular complexity index is 716. The van der Waals surface area contributed by atoms with E-state index in [0.29, 0.717) is 6.54 Å². The summed E-state index contributed by atoms with van der Waals surface area (Å²) in [7, 11) is 0. The molecule has 6 heteroatoms. The lowest BCUT2D eigenvalue weighted by atomic mass is 10.1. The Hall–Kier alpha value is -2.63. The van der Waals surface area contributed by atoms with Crippen LogP contribution in [0.3, 0.4) is 0 Å². The fraction of sp³-hybridized carbons (Fsp3) is 0.421. The van der Waals surface area contributed by atoms with E-state index in [2.05, 4.69) is 10.00 Å². The zero-order chi connectivity index (χ0) is 17.8. The van der Waals surface area contributed by atoms with Crippen molar-refractivity contribution in [2.45, 2.75) is 20.4 Å². The highest BCUT2D eigenvalue weighted by atomic mass is 16.2. The van der Waals surface area contributed by atoms with Crippen molar-refractivity contribution >= 4 is 17.4 Å². The molecule has 1 aliphatic heterocycles. The van der Waals surface area contributed by atoms with Crippen LogP contribution in [0.4, 0.5) is 5.69 Å². The van der Waals surface area contributed by atoms with Crippen LogP contribution in [-0.4, -0.2) is 52.5 Å². The van der Waals surface area contributed by atoms with Crippen molar-refractivity contribution in [2.24, 2.45) is 5.92 Å². The van der Waals surface area contributed by atoms with Gasteiger partial charge in [-0.2, -0.15) is 5.10 Å². The fourth-order valence-electron chi connectivity index (χ4n) is 3.17. The van der Waals surface area contributed by atoms with Gasteiger partial charge in [-0.3, -0.25) is 14.3 Å². The number of aromatic nitrogens is 2. The minimum atomic E-state index is -0.0821. The van der Waals surface area contributed by atoms with Crippen LogP contribution in [-0.2, 0) is 11.3 Å². The quantitative estimate of drug-likeness (QED) is 0.782. The second-order valence-electron chi connectivity index (χ2n) is 6.54. The van der Waals surface area contributed by atoms with E-state index in [4.69, 9.17) is 0 Å². The van der Waals surface area contributed by atoms with E-state index < -0.39 is 0 Å². The first-order chi connectivity index (χ1) is 12.0. The molecule has 132 valence electrons. The average Bonchev–Trinajstić information content (AvgIpc) is 3.14. The van der Waals surface area contributed by atoms with E-state index in [9.17, 15) is 9.59 Å². The molecule has 0 aliphatic carbocycles. The SMILES string of the molecule is CC(=O)c1ccc(N2CCN(C(=O)C(C)Cn3cccn3)CC2)cc1. The summed E-state index contributed by atoms with van der Waals surface area (Å²) in [6, 6.07) is 9.55. The number of amides is 1. The normalized spacial score (nSPS) is 15.9. The van der Waals surface area contributed by atoms with Crippen LogP contribution < -0.4 is 4.90 Å². The average molecular weight is 340 g/mol. The third kappa shape index (κ3) is 4.07. The molecule has 0 spiro atoms. The van der Waals surface area contributed by atoms with Gasteiger partial charge in [-0.25, -0.2) is 0 Å². The lowest BCUT2D eigenvalue weighted by molar-refractivity contribution is -0.135. The van der Waals surface area contributed by atoms with Crippen molar-refractivity contribution in [2.75, 3.05) is 31.1 Å². The van der Waals surface area contributed by atoms with Crippen LogP contribution in [0.2, 0.25) is 0 Å². The summed E-state index contributed by atoms with van der Waals surface area (Å²) in [5.74, 6) is 0.177. The molecule has 0 radical (unpaired) electrons. The summed E-state index contributed by atoms with van der Waals surface area (Å²) in [6.45, 7) is 7.19. The summed E-state index contributed by atoms with van der Waals surface area (Å²) < 4.78 is 1.80. The van der Waals surface area contributed by atoms with E-state index in [0.717, 1.165) is 37.4 Å². The third-order valence-corrected chi connectivity index (χ3v) is 4.67. The standard InChI is InChI=1S/C19H24N4O2/c1-15(14-23-9-3-8-20-23)19(25)22-12-10-21(11-13-22)18-6-4-17(5-7-18)16(2)24/h3-9,15H,10-14H2,1-2H3. The molecule has 2 aromatic rings. The molecule has 1 amide bonds. The molecule has 1 aliphatic rings. The molecule has 25 heavy (non-hydrogen) atoms. The number of Topliss-reactive ketones (excluding diaryl/α,β-unsaturated/α-hetero) is 1. The first kappa shape index (κ1) is 17.2. The van der Waals surface area contributed by atoms with Crippen LogP contribution in [0, 0.1) is 5.92 Å². The van der Waals surface area contributed by atoms with Gasteiger partial charge in [-0.05, 0) is 37.3 Å². The van der Waals surface area contributed by atoms with Gasteiger partial charge in [0, 0.05) is 49.8 Å². The van der Waals surface area contributed by atoms with Crippen LogP contribution in [0.15, 0.2) is 42.7 Å². The highest BCUT2D eigenvalue weighted by Gasteiger charge is 2.25. The molecule has 1 unspecified atom stereocenters. The van der Waals surface area contributed by atoms with Gasteiger partial charge in [0.25, 0.3) is 0 Å². The van der Waals surface area contributed by atoms with E-state index in [1.165, 1.54) is 0 Å². The Morgan fingerprint density at radius 3 is 2.36 bits per heavy atom. The van der Waals surface area contributed by atoms with Crippen molar-refractivity contribution in [3.63, 3.8) is 0 Å². The summed E-state index contributed by atoms with van der Waals surface area (Å²) >= 11 is 0. The van der Waals surface area contributed by atoms with Crippen molar-refractivity contribution < 1.29 is 9.59 Å². The lowest BCUT2D eigenvalue weighted by Gasteiger charge is -2.37. The fourth-order valence-corrected chi connectivity index (χ4v) is 3.17. The van der Waals surface area contributed by atoms with E-state index in [1.807, 2.05) is 48.4 Å². The second-order valence-corrected chi connectivity index (χ2v) is 6.54. The zero-order valence-electron chi connectivity index (χ0n) is 14.8. The van der Waals surface area contributed by atoms with Crippen molar-refractivity contribution in [3.05, 3.63) is 48.3 Å². The number of rotatable bonds is 5. The topological polar surface area (TPSA) is 58.4 Å². The molecule has 1 fully saturated rings. The molecular weight excluding hydrogens is 316 g/mol. The highest BCUT2D eigenvalue weighted by molar-refractivity contribution is 5.94. The number of carbonyl (C=O) groups is 2. The van der Waals surface area contributed by atoms with Gasteiger partial charge in [0.1, 0.15) is 0 Å². The Morgan fingerprint density at radius 2 is 1.80 bits per heavy atom. The van der Waals surface area contributed by atoms with E-state index >= 15 is 0 Å². The summed E-state index contributed by atoms with van der Waals surface area (Å²) in [4.78, 5) is 28.2. The van der Waals surface area contributed by atoms with Gasteiger partial charge < -0.3 is 9.80 Å². The number of piperazine rings is 1. The number of ketones is 1. The molecule has 1 atom stereocenters.